The van der Waals surface area contributed by atoms with E-state index >= 15 is 0 Å². The number of benzene rings is 2. The molecule has 0 saturated carbocycles. The highest BCUT2D eigenvalue weighted by Gasteiger charge is 2.15. The molecule has 0 aliphatic heterocycles. The van der Waals surface area contributed by atoms with Crippen molar-refractivity contribution in [2.45, 2.75) is 25.2 Å². The number of halogens is 1. The summed E-state index contributed by atoms with van der Waals surface area (Å²) < 4.78 is 27.8. The Morgan fingerprint density at radius 1 is 1.08 bits per heavy atom. The number of nitrogens with one attached hydrogen (secondary N) is 2. The average molecular weight is 411 g/mol. The largest absolute Gasteiger partial charge is 0.326 e. The van der Waals surface area contributed by atoms with Crippen molar-refractivity contribution in [1.82, 2.24) is 4.72 Å². The number of hydrogen-bond acceptors (Lipinski definition) is 3. The fourth-order valence-corrected chi connectivity index (χ4v) is 3.57. The first kappa shape index (κ1) is 18.6. The second kappa shape index (κ2) is 7.92. The highest BCUT2D eigenvalue weighted by Crippen LogP contribution is 2.16. The molecule has 7 heteroatoms. The van der Waals surface area contributed by atoms with E-state index in [0.717, 1.165) is 15.6 Å². The van der Waals surface area contributed by atoms with Crippen molar-refractivity contribution in [3.63, 3.8) is 0 Å². The number of carbonyl (C=O) groups excluding carboxylic acids is 1. The van der Waals surface area contributed by atoms with Crippen LogP contribution in [0.15, 0.2) is 51.8 Å². The molecule has 0 atom stereocenters. The average Bonchev–Trinajstić information content (AvgIpc) is 2.49. The maximum Gasteiger partial charge on any atom is 0.240 e. The minimum atomic E-state index is -3.61. The first-order valence-electron chi connectivity index (χ1n) is 7.40. The predicted octanol–water partition coefficient (Wildman–Crippen LogP) is 3.37. The third-order valence-electron chi connectivity index (χ3n) is 3.54. The summed E-state index contributed by atoms with van der Waals surface area (Å²) in [6.07, 6.45) is 0.0522. The van der Waals surface area contributed by atoms with Crippen molar-refractivity contribution in [1.29, 1.82) is 0 Å². The fraction of sp³-hybridized carbons (Fsp3) is 0.235. The molecule has 0 radical (unpaired) electrons. The van der Waals surface area contributed by atoms with Crippen LogP contribution in [0.1, 0.15) is 17.5 Å². The molecule has 5 nitrogen and oxygen atoms in total. The summed E-state index contributed by atoms with van der Waals surface area (Å²) in [5.74, 6) is -0.254. The molecule has 0 aliphatic carbocycles. The van der Waals surface area contributed by atoms with Crippen molar-refractivity contribution >= 4 is 37.5 Å². The van der Waals surface area contributed by atoms with Crippen LogP contribution in [0, 0.1) is 13.8 Å². The van der Waals surface area contributed by atoms with E-state index in [-0.39, 0.29) is 23.8 Å². The quantitative estimate of drug-likeness (QED) is 0.766. The Morgan fingerprint density at radius 2 is 1.83 bits per heavy atom. The van der Waals surface area contributed by atoms with E-state index in [4.69, 9.17) is 0 Å². The van der Waals surface area contributed by atoms with Gasteiger partial charge in [0.2, 0.25) is 15.9 Å². The fourth-order valence-electron chi connectivity index (χ4n) is 2.05. The van der Waals surface area contributed by atoms with Gasteiger partial charge in [0.15, 0.2) is 0 Å². The maximum atomic E-state index is 12.2. The second-order valence-corrected chi connectivity index (χ2v) is 8.13. The van der Waals surface area contributed by atoms with Crippen molar-refractivity contribution in [3.05, 3.63) is 58.1 Å². The van der Waals surface area contributed by atoms with Gasteiger partial charge in [-0.2, -0.15) is 0 Å². The van der Waals surface area contributed by atoms with Gasteiger partial charge in [0.1, 0.15) is 0 Å². The summed E-state index contributed by atoms with van der Waals surface area (Å²) >= 11 is 3.32. The van der Waals surface area contributed by atoms with Crippen LogP contribution in [0.2, 0.25) is 0 Å². The van der Waals surface area contributed by atoms with Crippen molar-refractivity contribution in [2.24, 2.45) is 0 Å². The molecule has 2 N–H and O–H groups in total. The Bertz CT molecular complexity index is 851. The molecule has 1 amide bonds. The highest BCUT2D eigenvalue weighted by molar-refractivity contribution is 9.10. The van der Waals surface area contributed by atoms with Gasteiger partial charge in [0.25, 0.3) is 0 Å². The van der Waals surface area contributed by atoms with Crippen LogP contribution in [0.3, 0.4) is 0 Å². The monoisotopic (exact) mass is 410 g/mol. The Morgan fingerprint density at radius 3 is 2.50 bits per heavy atom. The standard InChI is InChI=1S/C17H19BrN2O3S/c1-12-6-7-16(10-13(12)2)24(22,23)19-9-8-17(21)20-15-5-3-4-14(18)11-15/h3-7,10-11,19H,8-9H2,1-2H3,(H,20,21). The van der Waals surface area contributed by atoms with Crippen molar-refractivity contribution in [2.75, 3.05) is 11.9 Å². The third-order valence-corrected chi connectivity index (χ3v) is 5.49. The molecule has 0 bridgehead atoms. The molecule has 24 heavy (non-hydrogen) atoms. The van der Waals surface area contributed by atoms with Crippen molar-refractivity contribution < 1.29 is 13.2 Å². The Labute approximate surface area is 150 Å². The third kappa shape index (κ3) is 5.15. The molecule has 2 aromatic carbocycles. The molecule has 0 unspecified atom stereocenters. The first-order chi connectivity index (χ1) is 11.3. The number of amides is 1. The Hall–Kier alpha value is -1.70. The summed E-state index contributed by atoms with van der Waals surface area (Å²) in [6.45, 7) is 3.82. The number of aryl methyl sites for hydroxylation is 2. The normalized spacial score (nSPS) is 11.3. The van der Waals surface area contributed by atoms with E-state index in [0.29, 0.717) is 5.69 Å². The Kier molecular flexibility index (Phi) is 6.15. The molecule has 0 aliphatic rings. The van der Waals surface area contributed by atoms with Crippen LogP contribution >= 0.6 is 15.9 Å². The summed E-state index contributed by atoms with van der Waals surface area (Å²) in [6, 6.07) is 12.2. The first-order valence-corrected chi connectivity index (χ1v) is 9.68. The lowest BCUT2D eigenvalue weighted by Crippen LogP contribution is -2.28. The van der Waals surface area contributed by atoms with Crippen LogP contribution in [0.5, 0.6) is 0 Å². The number of rotatable bonds is 6. The van der Waals surface area contributed by atoms with Gasteiger partial charge in [0, 0.05) is 23.1 Å². The van der Waals surface area contributed by atoms with Gasteiger partial charge in [-0.1, -0.05) is 28.1 Å². The molecule has 0 spiro atoms. The number of hydrogen-bond donors (Lipinski definition) is 2. The zero-order chi connectivity index (χ0) is 17.7. The van der Waals surface area contributed by atoms with Crippen molar-refractivity contribution in [3.8, 4) is 0 Å². The van der Waals surface area contributed by atoms with Gasteiger partial charge in [-0.25, -0.2) is 13.1 Å². The summed E-state index contributed by atoms with van der Waals surface area (Å²) in [5, 5.41) is 2.72. The molecule has 0 heterocycles. The second-order valence-electron chi connectivity index (χ2n) is 5.45. The van der Waals surface area contributed by atoms with Crippen LogP contribution in [0.4, 0.5) is 5.69 Å². The Balaban J connectivity index is 1.90. The van der Waals surface area contributed by atoms with Gasteiger partial charge in [-0.3, -0.25) is 4.79 Å². The van der Waals surface area contributed by atoms with E-state index in [1.807, 2.05) is 26.0 Å². The molecule has 2 aromatic rings. The lowest BCUT2D eigenvalue weighted by Gasteiger charge is -2.09. The molecular formula is C17H19BrN2O3S. The zero-order valence-corrected chi connectivity index (χ0v) is 15.9. The molecule has 128 valence electrons. The van der Waals surface area contributed by atoms with Gasteiger partial charge in [0.05, 0.1) is 4.90 Å². The number of sulfonamides is 1. The molecule has 0 saturated heterocycles. The van der Waals surface area contributed by atoms with E-state index < -0.39 is 10.0 Å². The number of carbonyl (C=O) groups is 1. The summed E-state index contributed by atoms with van der Waals surface area (Å²) in [7, 11) is -3.61. The van der Waals surface area contributed by atoms with Gasteiger partial charge in [-0.15, -0.1) is 0 Å². The maximum absolute atomic E-state index is 12.2. The smallest absolute Gasteiger partial charge is 0.240 e. The predicted molar refractivity (Wildman–Crippen MR) is 98.5 cm³/mol. The van der Waals surface area contributed by atoms with Crippen LogP contribution in [-0.2, 0) is 14.8 Å². The molecule has 0 aromatic heterocycles. The van der Waals surface area contributed by atoms with Crippen LogP contribution in [0.25, 0.3) is 0 Å². The van der Waals surface area contributed by atoms with E-state index in [2.05, 4.69) is 26.0 Å². The van der Waals surface area contributed by atoms with Crippen LogP contribution in [-0.4, -0.2) is 20.9 Å². The van der Waals surface area contributed by atoms with E-state index in [9.17, 15) is 13.2 Å². The minimum Gasteiger partial charge on any atom is -0.326 e. The zero-order valence-electron chi connectivity index (χ0n) is 13.5. The SMILES string of the molecule is Cc1ccc(S(=O)(=O)NCCC(=O)Nc2cccc(Br)c2)cc1C. The minimum absolute atomic E-state index is 0.0368. The van der Waals surface area contributed by atoms with E-state index in [1.54, 1.807) is 30.3 Å². The molecular weight excluding hydrogens is 392 g/mol. The van der Waals surface area contributed by atoms with Gasteiger partial charge >= 0.3 is 0 Å². The van der Waals surface area contributed by atoms with Crippen LogP contribution < -0.4 is 10.0 Å². The van der Waals surface area contributed by atoms with Gasteiger partial charge < -0.3 is 5.32 Å². The van der Waals surface area contributed by atoms with E-state index in [1.165, 1.54) is 0 Å². The molecule has 0 fully saturated rings. The summed E-state index contributed by atoms with van der Waals surface area (Å²) in [5.41, 5.74) is 2.60. The van der Waals surface area contributed by atoms with Gasteiger partial charge in [-0.05, 0) is 55.3 Å². The number of anilines is 1. The summed E-state index contributed by atoms with van der Waals surface area (Å²) in [4.78, 5) is 12.1. The topological polar surface area (TPSA) is 75.3 Å². The highest BCUT2D eigenvalue weighted by atomic mass is 79.9. The molecule has 2 rings (SSSR count). The lowest BCUT2D eigenvalue weighted by atomic mass is 10.1. The lowest BCUT2D eigenvalue weighted by molar-refractivity contribution is -0.116.